The molecule has 0 spiro atoms. The fourth-order valence-corrected chi connectivity index (χ4v) is 5.92. The summed E-state index contributed by atoms with van der Waals surface area (Å²) in [4.78, 5) is 31.7. The van der Waals surface area contributed by atoms with Crippen LogP contribution >= 0.6 is 15.9 Å². The van der Waals surface area contributed by atoms with Gasteiger partial charge in [-0.2, -0.15) is 0 Å². The Hall–Kier alpha value is -2.18. The molecule has 0 aliphatic carbocycles. The van der Waals surface area contributed by atoms with Gasteiger partial charge in [0.1, 0.15) is 0 Å². The average molecular weight is 541 g/mol. The molecule has 6 heteroatoms. The number of rotatable bonds is 6. The number of carbonyl (C=O) groups excluding carboxylic acids is 2. The van der Waals surface area contributed by atoms with Crippen LogP contribution in [0.3, 0.4) is 0 Å². The van der Waals surface area contributed by atoms with Crippen LogP contribution < -0.4 is 0 Å². The van der Waals surface area contributed by atoms with Gasteiger partial charge in [-0.25, -0.2) is 0 Å². The highest BCUT2D eigenvalue weighted by Gasteiger charge is 2.36. The van der Waals surface area contributed by atoms with Gasteiger partial charge in [0.2, 0.25) is 11.8 Å². The van der Waals surface area contributed by atoms with Crippen LogP contribution in [0.2, 0.25) is 0 Å². The average Bonchev–Trinajstić information content (AvgIpc) is 2.86. The summed E-state index contributed by atoms with van der Waals surface area (Å²) in [5, 5.41) is 0. The van der Waals surface area contributed by atoms with Crippen molar-refractivity contribution in [1.82, 2.24) is 14.7 Å². The third kappa shape index (κ3) is 6.34. The van der Waals surface area contributed by atoms with E-state index in [2.05, 4.69) is 94.2 Å². The van der Waals surface area contributed by atoms with Crippen molar-refractivity contribution < 1.29 is 9.59 Å². The second kappa shape index (κ2) is 11.7. The first kappa shape index (κ1) is 25.9. The van der Waals surface area contributed by atoms with Gasteiger partial charge in [0.05, 0.1) is 6.04 Å². The smallest absolute Gasteiger partial charge is 0.223 e. The molecule has 2 unspecified atom stereocenters. The summed E-state index contributed by atoms with van der Waals surface area (Å²) < 4.78 is 1.08. The number of amides is 2. The number of likely N-dealkylation sites (tertiary alicyclic amines) is 1. The van der Waals surface area contributed by atoms with Crippen LogP contribution in [0.4, 0.5) is 0 Å². The number of halogens is 1. The zero-order valence-corrected chi connectivity index (χ0v) is 22.8. The molecule has 2 saturated heterocycles. The molecular weight excluding hydrogens is 502 g/mol. The second-order valence-corrected chi connectivity index (χ2v) is 11.3. The predicted octanol–water partition coefficient (Wildman–Crippen LogP) is 5.36. The van der Waals surface area contributed by atoms with E-state index in [0.717, 1.165) is 50.0 Å². The van der Waals surface area contributed by atoms with Crippen molar-refractivity contribution in [3.63, 3.8) is 0 Å². The van der Waals surface area contributed by atoms with Crippen LogP contribution in [0.1, 0.15) is 57.2 Å². The maximum Gasteiger partial charge on any atom is 0.223 e. The molecule has 35 heavy (non-hydrogen) atoms. The van der Waals surface area contributed by atoms with Crippen molar-refractivity contribution in [3.05, 3.63) is 70.2 Å². The van der Waals surface area contributed by atoms with Crippen molar-refractivity contribution in [2.24, 2.45) is 11.8 Å². The van der Waals surface area contributed by atoms with E-state index in [0.29, 0.717) is 18.3 Å². The van der Waals surface area contributed by atoms with Crippen LogP contribution in [0.25, 0.3) is 0 Å². The van der Waals surface area contributed by atoms with Gasteiger partial charge in [-0.1, -0.05) is 72.2 Å². The minimum atomic E-state index is 0.143. The maximum absolute atomic E-state index is 13.5. The number of hydrogen-bond acceptors (Lipinski definition) is 3. The summed E-state index contributed by atoms with van der Waals surface area (Å²) in [6.07, 6.45) is 2.46. The van der Waals surface area contributed by atoms with Gasteiger partial charge < -0.3 is 9.80 Å². The molecule has 188 valence electrons. The minimum absolute atomic E-state index is 0.143. The lowest BCUT2D eigenvalue weighted by Gasteiger charge is -2.47. The molecular formula is C29H38BrN3O2. The lowest BCUT2D eigenvalue weighted by atomic mass is 9.90. The topological polar surface area (TPSA) is 43.9 Å². The van der Waals surface area contributed by atoms with Crippen LogP contribution in [0, 0.1) is 11.8 Å². The van der Waals surface area contributed by atoms with E-state index in [1.807, 2.05) is 4.90 Å². The zero-order valence-electron chi connectivity index (χ0n) is 21.2. The number of hydrogen-bond donors (Lipinski definition) is 0. The molecule has 5 nitrogen and oxygen atoms in total. The summed E-state index contributed by atoms with van der Waals surface area (Å²) in [6.45, 7) is 10.1. The lowest BCUT2D eigenvalue weighted by molar-refractivity contribution is -0.139. The van der Waals surface area contributed by atoms with Crippen molar-refractivity contribution >= 4 is 27.7 Å². The fourth-order valence-electron chi connectivity index (χ4n) is 5.66. The quantitative estimate of drug-likeness (QED) is 0.496. The molecule has 4 rings (SSSR count). The number of piperazine rings is 1. The Labute approximate surface area is 218 Å². The van der Waals surface area contributed by atoms with Gasteiger partial charge in [-0.15, -0.1) is 0 Å². The van der Waals surface area contributed by atoms with Gasteiger partial charge in [-0.05, 0) is 47.9 Å². The first-order valence-corrected chi connectivity index (χ1v) is 13.7. The molecule has 0 N–H and O–H groups in total. The zero-order chi connectivity index (χ0) is 24.9. The summed E-state index contributed by atoms with van der Waals surface area (Å²) in [5.41, 5.74) is 2.56. The highest BCUT2D eigenvalue weighted by molar-refractivity contribution is 9.10. The van der Waals surface area contributed by atoms with Crippen LogP contribution in [-0.2, 0) is 9.59 Å². The van der Waals surface area contributed by atoms with Crippen LogP contribution in [0.15, 0.2) is 59.1 Å². The monoisotopic (exact) mass is 539 g/mol. The van der Waals surface area contributed by atoms with E-state index < -0.39 is 0 Å². The summed E-state index contributed by atoms with van der Waals surface area (Å²) in [7, 11) is 0. The largest absolute Gasteiger partial charge is 0.343 e. The molecule has 2 aromatic rings. The van der Waals surface area contributed by atoms with Gasteiger partial charge >= 0.3 is 0 Å². The highest BCUT2D eigenvalue weighted by atomic mass is 79.9. The first-order valence-electron chi connectivity index (χ1n) is 12.9. The molecule has 0 radical (unpaired) electrons. The minimum Gasteiger partial charge on any atom is -0.343 e. The third-order valence-electron chi connectivity index (χ3n) is 7.73. The molecule has 0 saturated carbocycles. The molecule has 2 fully saturated rings. The van der Waals surface area contributed by atoms with E-state index in [1.54, 1.807) is 6.92 Å². The Kier molecular flexibility index (Phi) is 8.66. The van der Waals surface area contributed by atoms with E-state index in [-0.39, 0.29) is 23.9 Å². The molecule has 0 bridgehead atoms. The molecule has 2 aliphatic rings. The van der Waals surface area contributed by atoms with Crippen molar-refractivity contribution in [2.45, 2.75) is 52.1 Å². The summed E-state index contributed by atoms with van der Waals surface area (Å²) >= 11 is 3.57. The Morgan fingerprint density at radius 3 is 2.14 bits per heavy atom. The van der Waals surface area contributed by atoms with Crippen molar-refractivity contribution in [3.8, 4) is 0 Å². The van der Waals surface area contributed by atoms with Crippen LogP contribution in [0.5, 0.6) is 0 Å². The van der Waals surface area contributed by atoms with Gasteiger partial charge in [-0.3, -0.25) is 14.5 Å². The molecule has 2 atom stereocenters. The highest BCUT2D eigenvalue weighted by Crippen LogP contribution is 2.33. The third-order valence-corrected chi connectivity index (χ3v) is 8.26. The first-order chi connectivity index (χ1) is 16.8. The van der Waals surface area contributed by atoms with E-state index >= 15 is 0 Å². The number of benzene rings is 2. The Bertz CT molecular complexity index is 987. The van der Waals surface area contributed by atoms with Crippen molar-refractivity contribution in [1.29, 1.82) is 0 Å². The Morgan fingerprint density at radius 1 is 0.914 bits per heavy atom. The molecule has 2 amide bonds. The van der Waals surface area contributed by atoms with Gasteiger partial charge in [0, 0.05) is 56.6 Å². The van der Waals surface area contributed by atoms with E-state index in [4.69, 9.17) is 0 Å². The standard InChI is InChI=1S/C29H38BrN3O2/c1-21(2)27-20-32(29(24-7-5-4-6-8-24)25-9-11-26(30)12-10-25)17-18-33(27)28(35)19-23-13-15-31(16-14-23)22(3)34/h4-12,21,23,27,29H,13-20H2,1-3H3. The number of piperidine rings is 1. The van der Waals surface area contributed by atoms with Gasteiger partial charge in [0.15, 0.2) is 0 Å². The van der Waals surface area contributed by atoms with Crippen LogP contribution in [-0.4, -0.2) is 65.3 Å². The molecule has 0 aromatic heterocycles. The lowest BCUT2D eigenvalue weighted by Crippen LogP contribution is -2.58. The van der Waals surface area contributed by atoms with E-state index in [1.165, 1.54) is 11.1 Å². The fraction of sp³-hybridized carbons (Fsp3) is 0.517. The Balaban J connectivity index is 1.48. The number of carbonyl (C=O) groups is 2. The van der Waals surface area contributed by atoms with E-state index in [9.17, 15) is 9.59 Å². The predicted molar refractivity (Wildman–Crippen MR) is 144 cm³/mol. The summed E-state index contributed by atoms with van der Waals surface area (Å²) in [5.74, 6) is 1.18. The Morgan fingerprint density at radius 2 is 1.54 bits per heavy atom. The maximum atomic E-state index is 13.5. The molecule has 2 aliphatic heterocycles. The molecule has 2 aromatic carbocycles. The number of nitrogens with zero attached hydrogens (tertiary/aromatic N) is 3. The second-order valence-electron chi connectivity index (χ2n) is 10.4. The normalized spacial score (nSPS) is 20.8. The molecule has 2 heterocycles. The van der Waals surface area contributed by atoms with Crippen molar-refractivity contribution in [2.75, 3.05) is 32.7 Å². The SMILES string of the molecule is CC(=O)N1CCC(CC(=O)N2CCN(C(c3ccccc3)c3ccc(Br)cc3)CC2C(C)C)CC1. The van der Waals surface area contributed by atoms with Gasteiger partial charge in [0.25, 0.3) is 0 Å². The summed E-state index contributed by atoms with van der Waals surface area (Å²) in [6, 6.07) is 19.7.